The Labute approximate surface area is 105 Å². The Kier molecular flexibility index (Phi) is 4.38. The zero-order chi connectivity index (χ0) is 12.1. The molecule has 0 spiro atoms. The second kappa shape index (κ2) is 6.02. The molecule has 0 saturated carbocycles. The molecule has 1 atom stereocenters. The summed E-state index contributed by atoms with van der Waals surface area (Å²) in [4.78, 5) is 2.59. The Balaban J connectivity index is 2.02. The summed E-state index contributed by atoms with van der Waals surface area (Å²) < 4.78 is 0. The van der Waals surface area contributed by atoms with Crippen LogP contribution < -0.4 is 0 Å². The second-order valence-electron chi connectivity index (χ2n) is 5.08. The summed E-state index contributed by atoms with van der Waals surface area (Å²) >= 11 is 0. The molecule has 17 heavy (non-hydrogen) atoms. The average molecular weight is 229 g/mol. The van der Waals surface area contributed by atoms with E-state index in [1.54, 1.807) is 0 Å². The lowest BCUT2D eigenvalue weighted by molar-refractivity contribution is 0.320. The van der Waals surface area contributed by atoms with E-state index >= 15 is 0 Å². The fraction of sp³-hybridized carbons (Fsp3) is 0.500. The van der Waals surface area contributed by atoms with Gasteiger partial charge in [0.25, 0.3) is 0 Å². The number of rotatable bonds is 4. The smallest absolute Gasteiger partial charge is 0.00476 e. The number of nitrogens with zero attached hydrogens (tertiary/aromatic N) is 1. The van der Waals surface area contributed by atoms with Gasteiger partial charge in [-0.2, -0.15) is 0 Å². The molecule has 0 N–H and O–H groups in total. The Bertz CT molecular complexity index is 375. The van der Waals surface area contributed by atoms with Crippen molar-refractivity contribution < 1.29 is 0 Å². The number of likely N-dealkylation sites (tertiary alicyclic amines) is 1. The molecule has 1 saturated heterocycles. The van der Waals surface area contributed by atoms with Gasteiger partial charge in [-0.1, -0.05) is 43.3 Å². The number of allylic oxidation sites excluding steroid dienone is 1. The Hall–Kier alpha value is -1.08. The van der Waals surface area contributed by atoms with E-state index in [1.807, 2.05) is 0 Å². The lowest BCUT2D eigenvalue weighted by Gasteiger charge is -2.20. The van der Waals surface area contributed by atoms with E-state index in [1.165, 1.54) is 43.6 Å². The van der Waals surface area contributed by atoms with Crippen LogP contribution in [-0.4, -0.2) is 24.5 Å². The summed E-state index contributed by atoms with van der Waals surface area (Å²) in [5.41, 5.74) is 2.78. The van der Waals surface area contributed by atoms with Gasteiger partial charge in [-0.3, -0.25) is 0 Å². The maximum Gasteiger partial charge on any atom is 0.00476 e. The minimum Gasteiger partial charge on any atom is -0.303 e. The molecule has 2 rings (SSSR count). The zero-order valence-electron chi connectivity index (χ0n) is 11.0. The second-order valence-corrected chi connectivity index (χ2v) is 5.08. The third kappa shape index (κ3) is 3.44. The third-order valence-corrected chi connectivity index (χ3v) is 3.57. The number of hydrogen-bond acceptors (Lipinski definition) is 1. The Morgan fingerprint density at radius 3 is 2.76 bits per heavy atom. The van der Waals surface area contributed by atoms with E-state index in [-0.39, 0.29) is 0 Å². The van der Waals surface area contributed by atoms with Crippen LogP contribution in [0.1, 0.15) is 43.7 Å². The SMILES string of the molecule is CC=Cc1cccc(C(C)CN2CCCC2)c1. The van der Waals surface area contributed by atoms with Crippen molar-refractivity contribution >= 4 is 6.08 Å². The van der Waals surface area contributed by atoms with Gasteiger partial charge in [0.15, 0.2) is 0 Å². The molecule has 1 heteroatoms. The predicted octanol–water partition coefficient (Wildman–Crippen LogP) is 3.92. The summed E-state index contributed by atoms with van der Waals surface area (Å²) in [6, 6.07) is 8.92. The van der Waals surface area contributed by atoms with E-state index < -0.39 is 0 Å². The normalized spacial score (nSPS) is 18.9. The van der Waals surface area contributed by atoms with Crippen LogP contribution in [0.25, 0.3) is 6.08 Å². The first-order chi connectivity index (χ1) is 8.29. The van der Waals surface area contributed by atoms with E-state index in [0.29, 0.717) is 5.92 Å². The molecule has 0 bridgehead atoms. The van der Waals surface area contributed by atoms with Crippen molar-refractivity contribution in [1.82, 2.24) is 4.90 Å². The molecule has 0 radical (unpaired) electrons. The predicted molar refractivity (Wildman–Crippen MR) is 75.2 cm³/mol. The first kappa shape index (κ1) is 12.4. The van der Waals surface area contributed by atoms with Crippen LogP contribution in [0, 0.1) is 0 Å². The van der Waals surface area contributed by atoms with E-state index in [2.05, 4.69) is 55.2 Å². The van der Waals surface area contributed by atoms with Gasteiger partial charge in [-0.25, -0.2) is 0 Å². The van der Waals surface area contributed by atoms with Crippen LogP contribution in [0.4, 0.5) is 0 Å². The molecule has 1 fully saturated rings. The van der Waals surface area contributed by atoms with E-state index in [0.717, 1.165) is 0 Å². The van der Waals surface area contributed by atoms with Crippen molar-refractivity contribution in [2.24, 2.45) is 0 Å². The van der Waals surface area contributed by atoms with Gasteiger partial charge in [0.1, 0.15) is 0 Å². The summed E-state index contributed by atoms with van der Waals surface area (Å²) in [5, 5.41) is 0. The maximum absolute atomic E-state index is 2.59. The largest absolute Gasteiger partial charge is 0.303 e. The van der Waals surface area contributed by atoms with Gasteiger partial charge < -0.3 is 4.90 Å². The maximum atomic E-state index is 2.59. The molecular formula is C16H23N. The van der Waals surface area contributed by atoms with Crippen LogP contribution in [-0.2, 0) is 0 Å². The van der Waals surface area contributed by atoms with Gasteiger partial charge in [0.2, 0.25) is 0 Å². The van der Waals surface area contributed by atoms with Crippen LogP contribution in [0.2, 0.25) is 0 Å². The summed E-state index contributed by atoms with van der Waals surface area (Å²) in [6.45, 7) is 8.20. The lowest BCUT2D eigenvalue weighted by Crippen LogP contribution is -2.24. The summed E-state index contributed by atoms with van der Waals surface area (Å²) in [7, 11) is 0. The molecule has 1 aliphatic rings. The van der Waals surface area contributed by atoms with Crippen molar-refractivity contribution in [3.63, 3.8) is 0 Å². The minimum atomic E-state index is 0.637. The number of hydrogen-bond donors (Lipinski definition) is 0. The van der Waals surface area contributed by atoms with Gasteiger partial charge in [-0.15, -0.1) is 0 Å². The molecule has 1 aliphatic heterocycles. The molecule has 0 amide bonds. The van der Waals surface area contributed by atoms with Crippen molar-refractivity contribution in [1.29, 1.82) is 0 Å². The topological polar surface area (TPSA) is 3.24 Å². The highest BCUT2D eigenvalue weighted by atomic mass is 15.1. The van der Waals surface area contributed by atoms with Gasteiger partial charge in [-0.05, 0) is 49.9 Å². The Morgan fingerprint density at radius 1 is 1.29 bits per heavy atom. The number of benzene rings is 1. The molecule has 1 heterocycles. The molecule has 1 aromatic rings. The molecule has 1 aromatic carbocycles. The van der Waals surface area contributed by atoms with Gasteiger partial charge >= 0.3 is 0 Å². The molecular weight excluding hydrogens is 206 g/mol. The average Bonchev–Trinajstić information content (AvgIpc) is 2.83. The van der Waals surface area contributed by atoms with Gasteiger partial charge in [0.05, 0.1) is 0 Å². The Morgan fingerprint density at radius 2 is 2.06 bits per heavy atom. The highest BCUT2D eigenvalue weighted by Gasteiger charge is 2.15. The standard InChI is InChI=1S/C16H23N/c1-3-7-15-8-6-9-16(12-15)14(2)13-17-10-4-5-11-17/h3,6-9,12,14H,4-5,10-11,13H2,1-2H3. The van der Waals surface area contributed by atoms with Crippen LogP contribution in [0.3, 0.4) is 0 Å². The summed E-state index contributed by atoms with van der Waals surface area (Å²) in [6.07, 6.45) is 7.03. The molecule has 1 unspecified atom stereocenters. The fourth-order valence-electron chi connectivity index (χ4n) is 2.62. The fourth-order valence-corrected chi connectivity index (χ4v) is 2.62. The van der Waals surface area contributed by atoms with Crippen molar-refractivity contribution in [3.8, 4) is 0 Å². The molecule has 0 aromatic heterocycles. The van der Waals surface area contributed by atoms with E-state index in [9.17, 15) is 0 Å². The molecule has 92 valence electrons. The highest BCUT2D eigenvalue weighted by Crippen LogP contribution is 2.20. The van der Waals surface area contributed by atoms with Crippen LogP contribution in [0.15, 0.2) is 30.3 Å². The van der Waals surface area contributed by atoms with Crippen LogP contribution in [0.5, 0.6) is 0 Å². The van der Waals surface area contributed by atoms with Crippen molar-refractivity contribution in [2.45, 2.75) is 32.6 Å². The summed E-state index contributed by atoms with van der Waals surface area (Å²) in [5.74, 6) is 0.637. The molecule has 0 aliphatic carbocycles. The third-order valence-electron chi connectivity index (χ3n) is 3.57. The first-order valence-corrected chi connectivity index (χ1v) is 6.74. The lowest BCUT2D eigenvalue weighted by atomic mass is 9.98. The van der Waals surface area contributed by atoms with Crippen molar-refractivity contribution in [2.75, 3.05) is 19.6 Å². The van der Waals surface area contributed by atoms with E-state index in [4.69, 9.17) is 0 Å². The minimum absolute atomic E-state index is 0.637. The van der Waals surface area contributed by atoms with Crippen LogP contribution >= 0.6 is 0 Å². The monoisotopic (exact) mass is 229 g/mol. The first-order valence-electron chi connectivity index (χ1n) is 6.74. The van der Waals surface area contributed by atoms with Crippen molar-refractivity contribution in [3.05, 3.63) is 41.5 Å². The highest BCUT2D eigenvalue weighted by molar-refractivity contribution is 5.50. The quantitative estimate of drug-likeness (QED) is 0.756. The zero-order valence-corrected chi connectivity index (χ0v) is 11.0. The molecule has 1 nitrogen and oxygen atoms in total. The van der Waals surface area contributed by atoms with Gasteiger partial charge in [0, 0.05) is 6.54 Å².